The van der Waals surface area contributed by atoms with Crippen LogP contribution < -0.4 is 4.74 Å². The second-order valence-corrected chi connectivity index (χ2v) is 4.69. The standard InChI is InChI=1S/C14H23NO/c1-10(2)15(5)9-13-7-8-14(16-6)12(4)11(13)3/h7-8,10H,9H2,1-6H3. The van der Waals surface area contributed by atoms with Gasteiger partial charge in [-0.25, -0.2) is 0 Å². The Bertz CT molecular complexity index is 358. The lowest BCUT2D eigenvalue weighted by Crippen LogP contribution is -2.26. The van der Waals surface area contributed by atoms with Gasteiger partial charge in [0, 0.05) is 12.6 Å². The Morgan fingerprint density at radius 2 is 1.81 bits per heavy atom. The highest BCUT2D eigenvalue weighted by Gasteiger charge is 2.10. The molecule has 2 nitrogen and oxygen atoms in total. The van der Waals surface area contributed by atoms with Crippen molar-refractivity contribution in [3.05, 3.63) is 28.8 Å². The average Bonchev–Trinajstić information content (AvgIpc) is 2.25. The van der Waals surface area contributed by atoms with Crippen molar-refractivity contribution in [2.75, 3.05) is 14.2 Å². The van der Waals surface area contributed by atoms with Crippen LogP contribution in [0.2, 0.25) is 0 Å². The molecule has 16 heavy (non-hydrogen) atoms. The lowest BCUT2D eigenvalue weighted by Gasteiger charge is -2.23. The quantitative estimate of drug-likeness (QED) is 0.774. The molecule has 0 aliphatic heterocycles. The molecule has 2 heteroatoms. The van der Waals surface area contributed by atoms with Crippen molar-refractivity contribution in [1.29, 1.82) is 0 Å². The molecule has 0 fully saturated rings. The summed E-state index contributed by atoms with van der Waals surface area (Å²) in [5.74, 6) is 0.980. The number of benzene rings is 1. The second kappa shape index (κ2) is 5.35. The molecule has 0 N–H and O–H groups in total. The highest BCUT2D eigenvalue weighted by Crippen LogP contribution is 2.24. The summed E-state index contributed by atoms with van der Waals surface area (Å²) in [6.45, 7) is 9.71. The third kappa shape index (κ3) is 2.76. The zero-order valence-corrected chi connectivity index (χ0v) is 11.3. The molecule has 1 aromatic carbocycles. The fourth-order valence-electron chi connectivity index (χ4n) is 1.70. The number of hydrogen-bond donors (Lipinski definition) is 0. The Morgan fingerprint density at radius 1 is 1.19 bits per heavy atom. The summed E-state index contributed by atoms with van der Waals surface area (Å²) in [5.41, 5.74) is 3.97. The predicted octanol–water partition coefficient (Wildman–Crippen LogP) is 3.15. The van der Waals surface area contributed by atoms with Crippen molar-refractivity contribution < 1.29 is 4.74 Å². The Balaban J connectivity index is 2.95. The number of nitrogens with zero attached hydrogens (tertiary/aromatic N) is 1. The number of ether oxygens (including phenoxy) is 1. The number of methoxy groups -OCH3 is 1. The fraction of sp³-hybridized carbons (Fsp3) is 0.571. The average molecular weight is 221 g/mol. The van der Waals surface area contributed by atoms with Crippen molar-refractivity contribution in [1.82, 2.24) is 4.90 Å². The van der Waals surface area contributed by atoms with Crippen LogP contribution in [0.5, 0.6) is 5.75 Å². The van der Waals surface area contributed by atoms with Gasteiger partial charge in [-0.1, -0.05) is 6.07 Å². The predicted molar refractivity (Wildman–Crippen MR) is 69.1 cm³/mol. The monoisotopic (exact) mass is 221 g/mol. The van der Waals surface area contributed by atoms with E-state index in [1.165, 1.54) is 16.7 Å². The topological polar surface area (TPSA) is 12.5 Å². The van der Waals surface area contributed by atoms with Crippen LogP contribution in [0.15, 0.2) is 12.1 Å². The van der Waals surface area contributed by atoms with Crippen molar-refractivity contribution >= 4 is 0 Å². The first-order chi connectivity index (χ1) is 7.47. The summed E-state index contributed by atoms with van der Waals surface area (Å²) in [7, 11) is 3.88. The summed E-state index contributed by atoms with van der Waals surface area (Å²) < 4.78 is 5.32. The van der Waals surface area contributed by atoms with Crippen molar-refractivity contribution in [2.24, 2.45) is 0 Å². The molecule has 0 aliphatic carbocycles. The molecule has 1 aromatic rings. The van der Waals surface area contributed by atoms with E-state index < -0.39 is 0 Å². The molecule has 0 aromatic heterocycles. The maximum atomic E-state index is 5.32. The molecule has 0 heterocycles. The fourth-order valence-corrected chi connectivity index (χ4v) is 1.70. The highest BCUT2D eigenvalue weighted by atomic mass is 16.5. The second-order valence-electron chi connectivity index (χ2n) is 4.69. The van der Waals surface area contributed by atoms with Crippen LogP contribution in [0.25, 0.3) is 0 Å². The van der Waals surface area contributed by atoms with E-state index in [0.717, 1.165) is 12.3 Å². The summed E-state index contributed by atoms with van der Waals surface area (Å²) in [6.07, 6.45) is 0. The highest BCUT2D eigenvalue weighted by molar-refractivity contribution is 5.43. The Hall–Kier alpha value is -1.02. The summed E-state index contributed by atoms with van der Waals surface area (Å²) >= 11 is 0. The molecule has 0 spiro atoms. The van der Waals surface area contributed by atoms with Crippen molar-refractivity contribution in [2.45, 2.75) is 40.3 Å². The van der Waals surface area contributed by atoms with E-state index in [2.05, 4.69) is 51.8 Å². The van der Waals surface area contributed by atoms with Gasteiger partial charge >= 0.3 is 0 Å². The van der Waals surface area contributed by atoms with Gasteiger partial charge in [0.1, 0.15) is 5.75 Å². The molecule has 0 bridgehead atoms. The van der Waals surface area contributed by atoms with Crippen LogP contribution >= 0.6 is 0 Å². The van der Waals surface area contributed by atoms with Crippen LogP contribution in [0, 0.1) is 13.8 Å². The Morgan fingerprint density at radius 3 is 2.31 bits per heavy atom. The molecular formula is C14H23NO. The van der Waals surface area contributed by atoms with E-state index in [-0.39, 0.29) is 0 Å². The molecule has 0 saturated heterocycles. The summed E-state index contributed by atoms with van der Waals surface area (Å²) in [6, 6.07) is 4.80. The van der Waals surface area contributed by atoms with Gasteiger partial charge < -0.3 is 4.74 Å². The van der Waals surface area contributed by atoms with Gasteiger partial charge in [-0.15, -0.1) is 0 Å². The first kappa shape index (κ1) is 13.0. The van der Waals surface area contributed by atoms with Gasteiger partial charge in [0.25, 0.3) is 0 Å². The minimum Gasteiger partial charge on any atom is -0.496 e. The maximum Gasteiger partial charge on any atom is 0.122 e. The van der Waals surface area contributed by atoms with E-state index in [9.17, 15) is 0 Å². The van der Waals surface area contributed by atoms with Gasteiger partial charge in [-0.2, -0.15) is 0 Å². The van der Waals surface area contributed by atoms with Crippen LogP contribution in [-0.4, -0.2) is 25.1 Å². The molecule has 0 atom stereocenters. The Labute approximate surface area is 99.2 Å². The van der Waals surface area contributed by atoms with Crippen molar-refractivity contribution in [3.63, 3.8) is 0 Å². The maximum absolute atomic E-state index is 5.32. The molecule has 0 aliphatic rings. The number of rotatable bonds is 4. The first-order valence-corrected chi connectivity index (χ1v) is 5.80. The first-order valence-electron chi connectivity index (χ1n) is 5.80. The molecular weight excluding hydrogens is 198 g/mol. The molecule has 90 valence electrons. The van der Waals surface area contributed by atoms with Gasteiger partial charge in [-0.05, 0) is 57.5 Å². The smallest absolute Gasteiger partial charge is 0.122 e. The normalized spacial score (nSPS) is 11.2. The molecule has 0 amide bonds. The minimum absolute atomic E-state index is 0.571. The third-order valence-corrected chi connectivity index (χ3v) is 3.37. The van der Waals surface area contributed by atoms with Crippen molar-refractivity contribution in [3.8, 4) is 5.75 Å². The zero-order valence-electron chi connectivity index (χ0n) is 11.3. The Kier molecular flexibility index (Phi) is 4.36. The van der Waals surface area contributed by atoms with Crippen LogP contribution in [0.4, 0.5) is 0 Å². The lowest BCUT2D eigenvalue weighted by molar-refractivity contribution is 0.265. The van der Waals surface area contributed by atoms with Crippen LogP contribution in [0.1, 0.15) is 30.5 Å². The molecule has 0 saturated carbocycles. The van der Waals surface area contributed by atoms with Gasteiger partial charge in [-0.3, -0.25) is 4.90 Å². The van der Waals surface area contributed by atoms with Crippen LogP contribution in [0.3, 0.4) is 0 Å². The zero-order chi connectivity index (χ0) is 12.3. The van der Waals surface area contributed by atoms with E-state index in [0.29, 0.717) is 6.04 Å². The van der Waals surface area contributed by atoms with E-state index >= 15 is 0 Å². The third-order valence-electron chi connectivity index (χ3n) is 3.37. The SMILES string of the molecule is COc1ccc(CN(C)C(C)C)c(C)c1C. The van der Waals surface area contributed by atoms with Gasteiger partial charge in [0.2, 0.25) is 0 Å². The van der Waals surface area contributed by atoms with Gasteiger partial charge in [0.05, 0.1) is 7.11 Å². The van der Waals surface area contributed by atoms with Crippen LogP contribution in [-0.2, 0) is 6.54 Å². The molecule has 0 unspecified atom stereocenters. The van der Waals surface area contributed by atoms with E-state index in [4.69, 9.17) is 4.74 Å². The molecule has 0 radical (unpaired) electrons. The largest absolute Gasteiger partial charge is 0.496 e. The van der Waals surface area contributed by atoms with Gasteiger partial charge in [0.15, 0.2) is 0 Å². The molecule has 1 rings (SSSR count). The summed E-state index contributed by atoms with van der Waals surface area (Å²) in [5, 5.41) is 0. The number of hydrogen-bond acceptors (Lipinski definition) is 2. The van der Waals surface area contributed by atoms with E-state index in [1.807, 2.05) is 0 Å². The lowest BCUT2D eigenvalue weighted by atomic mass is 10.0. The minimum atomic E-state index is 0.571. The van der Waals surface area contributed by atoms with E-state index in [1.54, 1.807) is 7.11 Å². The summed E-state index contributed by atoms with van der Waals surface area (Å²) in [4.78, 5) is 2.34.